The number of ether oxygens (including phenoxy) is 1. The maximum absolute atomic E-state index is 13.1. The molecular formula is C15H18N2O3S. The third-order valence-corrected chi connectivity index (χ3v) is 5.42. The number of rotatable bonds is 3. The molecule has 6 heteroatoms. The first kappa shape index (κ1) is 14.4. The molecule has 2 heterocycles. The lowest BCUT2D eigenvalue weighted by atomic mass is 10.1. The number of hydrogen-bond donors (Lipinski definition) is 0. The summed E-state index contributed by atoms with van der Waals surface area (Å²) in [5.41, 5.74) is 1.81. The van der Waals surface area contributed by atoms with Gasteiger partial charge in [0.25, 0.3) is 5.91 Å². The summed E-state index contributed by atoms with van der Waals surface area (Å²) in [6.45, 7) is 3.11. The van der Waals surface area contributed by atoms with Gasteiger partial charge in [0.2, 0.25) is 5.91 Å². The van der Waals surface area contributed by atoms with Crippen LogP contribution in [0.5, 0.6) is 0 Å². The van der Waals surface area contributed by atoms with Crippen molar-refractivity contribution < 1.29 is 14.3 Å². The van der Waals surface area contributed by atoms with E-state index in [1.165, 1.54) is 6.92 Å². The number of fused-ring (bicyclic) bond motifs is 2. The van der Waals surface area contributed by atoms with Gasteiger partial charge in [0.05, 0.1) is 12.3 Å². The SMILES string of the molecule is COCCN1C(=O)C2(SCCN2C(C)=O)c2ccccc21. The lowest BCUT2D eigenvalue weighted by molar-refractivity contribution is -0.138. The molecule has 2 aliphatic heterocycles. The molecule has 5 nitrogen and oxygen atoms in total. The molecule has 0 radical (unpaired) electrons. The molecule has 2 aliphatic rings. The van der Waals surface area contributed by atoms with Crippen molar-refractivity contribution in [3.8, 4) is 0 Å². The molecule has 1 saturated heterocycles. The Morgan fingerprint density at radius 2 is 2.19 bits per heavy atom. The fourth-order valence-corrected chi connectivity index (χ4v) is 4.61. The number of anilines is 1. The van der Waals surface area contributed by atoms with Crippen molar-refractivity contribution in [2.24, 2.45) is 0 Å². The minimum Gasteiger partial charge on any atom is -0.383 e. The van der Waals surface area contributed by atoms with Crippen molar-refractivity contribution in [2.45, 2.75) is 11.8 Å². The van der Waals surface area contributed by atoms with Crippen LogP contribution in [0.1, 0.15) is 12.5 Å². The number of para-hydroxylation sites is 1. The van der Waals surface area contributed by atoms with E-state index in [2.05, 4.69) is 0 Å². The van der Waals surface area contributed by atoms with Crippen molar-refractivity contribution >= 4 is 29.3 Å². The predicted molar refractivity (Wildman–Crippen MR) is 82.2 cm³/mol. The quantitative estimate of drug-likeness (QED) is 0.847. The zero-order chi connectivity index (χ0) is 15.0. The standard InChI is InChI=1S/C15H18N2O3S/c1-11(18)17-8-10-21-15(17)12-5-3-4-6-13(12)16(14(15)19)7-9-20-2/h3-6H,7-10H2,1-2H3. The van der Waals surface area contributed by atoms with E-state index in [4.69, 9.17) is 4.74 Å². The van der Waals surface area contributed by atoms with Crippen LogP contribution in [0.4, 0.5) is 5.69 Å². The van der Waals surface area contributed by atoms with Crippen LogP contribution in [0.25, 0.3) is 0 Å². The zero-order valence-electron chi connectivity index (χ0n) is 12.2. The summed E-state index contributed by atoms with van der Waals surface area (Å²) in [5.74, 6) is 0.688. The van der Waals surface area contributed by atoms with Gasteiger partial charge < -0.3 is 14.5 Å². The van der Waals surface area contributed by atoms with Crippen LogP contribution >= 0.6 is 11.8 Å². The van der Waals surface area contributed by atoms with Crippen molar-refractivity contribution in [3.05, 3.63) is 29.8 Å². The fraction of sp³-hybridized carbons (Fsp3) is 0.467. The van der Waals surface area contributed by atoms with Crippen LogP contribution in [-0.4, -0.2) is 49.3 Å². The van der Waals surface area contributed by atoms with Gasteiger partial charge in [0.1, 0.15) is 0 Å². The van der Waals surface area contributed by atoms with Gasteiger partial charge in [-0.25, -0.2) is 0 Å². The molecule has 0 bridgehead atoms. The van der Waals surface area contributed by atoms with Gasteiger partial charge in [-0.15, -0.1) is 11.8 Å². The normalized spacial score (nSPS) is 24.0. The molecule has 1 spiro atoms. The Bertz CT molecular complexity index is 592. The van der Waals surface area contributed by atoms with Crippen molar-refractivity contribution in [1.29, 1.82) is 0 Å². The lowest BCUT2D eigenvalue weighted by Gasteiger charge is -2.32. The maximum atomic E-state index is 13.1. The Hall–Kier alpha value is -1.53. The molecule has 2 amide bonds. The third-order valence-electron chi connectivity index (χ3n) is 4.00. The van der Waals surface area contributed by atoms with E-state index in [9.17, 15) is 9.59 Å². The van der Waals surface area contributed by atoms with Crippen LogP contribution in [0.15, 0.2) is 24.3 Å². The van der Waals surface area contributed by atoms with Gasteiger partial charge in [0, 0.05) is 38.4 Å². The summed E-state index contributed by atoms with van der Waals surface area (Å²) in [5, 5.41) is 0. The van der Waals surface area contributed by atoms with Gasteiger partial charge in [-0.3, -0.25) is 9.59 Å². The monoisotopic (exact) mass is 306 g/mol. The molecule has 0 aliphatic carbocycles. The highest BCUT2D eigenvalue weighted by Gasteiger charge is 2.58. The highest BCUT2D eigenvalue weighted by atomic mass is 32.2. The van der Waals surface area contributed by atoms with E-state index in [1.807, 2.05) is 24.3 Å². The van der Waals surface area contributed by atoms with Crippen LogP contribution < -0.4 is 4.90 Å². The second kappa shape index (κ2) is 5.35. The topological polar surface area (TPSA) is 49.9 Å². The molecule has 21 heavy (non-hydrogen) atoms. The van der Waals surface area contributed by atoms with E-state index in [0.29, 0.717) is 19.7 Å². The summed E-state index contributed by atoms with van der Waals surface area (Å²) < 4.78 is 5.11. The molecule has 0 N–H and O–H groups in total. The van der Waals surface area contributed by atoms with E-state index < -0.39 is 4.87 Å². The second-order valence-electron chi connectivity index (χ2n) is 5.13. The summed E-state index contributed by atoms with van der Waals surface area (Å²) in [6.07, 6.45) is 0. The molecule has 112 valence electrons. The molecular weight excluding hydrogens is 288 g/mol. The Labute approximate surface area is 128 Å². The molecule has 0 saturated carbocycles. The van der Waals surface area contributed by atoms with Gasteiger partial charge >= 0.3 is 0 Å². The highest BCUT2D eigenvalue weighted by Crippen LogP contribution is 2.53. The smallest absolute Gasteiger partial charge is 0.268 e. The van der Waals surface area contributed by atoms with Crippen LogP contribution in [-0.2, 0) is 19.2 Å². The first-order valence-corrected chi connectivity index (χ1v) is 7.94. The number of thioether (sulfide) groups is 1. The Morgan fingerprint density at radius 3 is 2.90 bits per heavy atom. The summed E-state index contributed by atoms with van der Waals surface area (Å²) in [7, 11) is 1.62. The van der Waals surface area contributed by atoms with Gasteiger partial charge in [-0.05, 0) is 6.07 Å². The number of carbonyl (C=O) groups excluding carboxylic acids is 2. The molecule has 3 rings (SSSR count). The minimum atomic E-state index is -0.879. The van der Waals surface area contributed by atoms with Crippen molar-refractivity contribution in [2.75, 3.05) is 37.5 Å². The van der Waals surface area contributed by atoms with Crippen LogP contribution in [0.2, 0.25) is 0 Å². The third kappa shape index (κ3) is 1.97. The average Bonchev–Trinajstić information content (AvgIpc) is 3.02. The summed E-state index contributed by atoms with van der Waals surface area (Å²) in [4.78, 5) is 27.6. The van der Waals surface area contributed by atoms with E-state index in [0.717, 1.165) is 17.0 Å². The van der Waals surface area contributed by atoms with Gasteiger partial charge in [0.15, 0.2) is 4.87 Å². The molecule has 1 aromatic carbocycles. The zero-order valence-corrected chi connectivity index (χ0v) is 13.0. The number of benzene rings is 1. The largest absolute Gasteiger partial charge is 0.383 e. The van der Waals surface area contributed by atoms with Crippen LogP contribution in [0.3, 0.4) is 0 Å². The number of nitrogens with zero attached hydrogens (tertiary/aromatic N) is 2. The molecule has 1 unspecified atom stereocenters. The lowest BCUT2D eigenvalue weighted by Crippen LogP contribution is -2.50. The maximum Gasteiger partial charge on any atom is 0.268 e. The van der Waals surface area contributed by atoms with E-state index in [-0.39, 0.29) is 11.8 Å². The number of methoxy groups -OCH3 is 1. The first-order valence-electron chi connectivity index (χ1n) is 6.95. The summed E-state index contributed by atoms with van der Waals surface area (Å²) >= 11 is 1.55. The van der Waals surface area contributed by atoms with Gasteiger partial charge in [-0.2, -0.15) is 0 Å². The molecule has 1 aromatic rings. The Kier molecular flexibility index (Phi) is 3.67. The first-order chi connectivity index (χ1) is 10.1. The number of hydrogen-bond acceptors (Lipinski definition) is 4. The Balaban J connectivity index is 2.10. The minimum absolute atomic E-state index is 0.0292. The molecule has 0 aromatic heterocycles. The average molecular weight is 306 g/mol. The molecule has 1 atom stereocenters. The summed E-state index contributed by atoms with van der Waals surface area (Å²) in [6, 6.07) is 7.73. The van der Waals surface area contributed by atoms with Gasteiger partial charge in [-0.1, -0.05) is 18.2 Å². The number of amides is 2. The Morgan fingerprint density at radius 1 is 1.43 bits per heavy atom. The van der Waals surface area contributed by atoms with Crippen molar-refractivity contribution in [1.82, 2.24) is 4.90 Å². The number of carbonyl (C=O) groups is 2. The fourth-order valence-electron chi connectivity index (χ4n) is 3.11. The van der Waals surface area contributed by atoms with E-state index >= 15 is 0 Å². The highest BCUT2D eigenvalue weighted by molar-refractivity contribution is 8.01. The second-order valence-corrected chi connectivity index (χ2v) is 6.42. The van der Waals surface area contributed by atoms with Crippen molar-refractivity contribution in [3.63, 3.8) is 0 Å². The van der Waals surface area contributed by atoms with Crippen LogP contribution in [0, 0.1) is 0 Å². The van der Waals surface area contributed by atoms with E-state index in [1.54, 1.807) is 28.7 Å². The predicted octanol–water partition coefficient (Wildman–Crippen LogP) is 1.43. The molecule has 1 fully saturated rings.